The molecule has 3 rings (SSSR count). The summed E-state index contributed by atoms with van der Waals surface area (Å²) in [6, 6.07) is 0.409. The van der Waals surface area contributed by atoms with Gasteiger partial charge in [0.15, 0.2) is 0 Å². The van der Waals surface area contributed by atoms with Gasteiger partial charge in [-0.3, -0.25) is 4.79 Å². The van der Waals surface area contributed by atoms with E-state index < -0.39 is 0 Å². The Bertz CT molecular complexity index is 298. The molecule has 0 aromatic heterocycles. The Kier molecular flexibility index (Phi) is 3.69. The van der Waals surface area contributed by atoms with Crippen LogP contribution in [0.5, 0.6) is 0 Å². The molecule has 17 heavy (non-hydrogen) atoms. The van der Waals surface area contributed by atoms with E-state index in [0.29, 0.717) is 23.3 Å². The van der Waals surface area contributed by atoms with Crippen LogP contribution < -0.4 is 10.6 Å². The molecule has 0 radical (unpaired) electrons. The Morgan fingerprint density at radius 2 is 2.00 bits per heavy atom. The second-order valence-corrected chi connectivity index (χ2v) is 6.00. The van der Waals surface area contributed by atoms with Crippen molar-refractivity contribution in [2.75, 3.05) is 13.1 Å². The van der Waals surface area contributed by atoms with Crippen molar-refractivity contribution in [3.8, 4) is 0 Å². The fourth-order valence-electron chi connectivity index (χ4n) is 3.23. The third kappa shape index (κ3) is 2.60. The molecule has 3 fully saturated rings. The Balaban J connectivity index is 0.00000108. The van der Waals surface area contributed by atoms with E-state index in [2.05, 4.69) is 17.6 Å². The van der Waals surface area contributed by atoms with E-state index in [1.54, 1.807) is 0 Å². The molecule has 0 aromatic carbocycles. The van der Waals surface area contributed by atoms with Gasteiger partial charge in [0.25, 0.3) is 0 Å². The fourth-order valence-corrected chi connectivity index (χ4v) is 3.23. The maximum absolute atomic E-state index is 12.1. The zero-order valence-electron chi connectivity index (χ0n) is 10.5. The van der Waals surface area contributed by atoms with Crippen LogP contribution in [-0.2, 0) is 4.79 Å². The minimum absolute atomic E-state index is 0. The maximum atomic E-state index is 12.1. The molecule has 2 N–H and O–H groups in total. The lowest BCUT2D eigenvalue weighted by atomic mass is 9.91. The summed E-state index contributed by atoms with van der Waals surface area (Å²) in [6.45, 7) is 4.36. The van der Waals surface area contributed by atoms with E-state index in [4.69, 9.17) is 0 Å². The lowest BCUT2D eigenvalue weighted by molar-refractivity contribution is -0.124. The lowest BCUT2D eigenvalue weighted by Crippen LogP contribution is -2.38. The zero-order valence-corrected chi connectivity index (χ0v) is 11.3. The van der Waals surface area contributed by atoms with Gasteiger partial charge in [-0.2, -0.15) is 0 Å². The Labute approximate surface area is 110 Å². The first-order valence-corrected chi connectivity index (χ1v) is 6.72. The first kappa shape index (κ1) is 13.2. The van der Waals surface area contributed by atoms with Crippen LogP contribution in [0.15, 0.2) is 0 Å². The summed E-state index contributed by atoms with van der Waals surface area (Å²) in [4.78, 5) is 12.1. The monoisotopic (exact) mass is 258 g/mol. The summed E-state index contributed by atoms with van der Waals surface area (Å²) >= 11 is 0. The molecule has 3 aliphatic rings. The molecule has 2 atom stereocenters. The molecule has 1 saturated heterocycles. The standard InChI is InChI=1S/C13H22N2O.ClH/c1-9(10-2-3-10)15-12(16)11-8-13(11)4-6-14-7-5-13;/h9-11,14H,2-8H2,1H3,(H,15,16);1H. The van der Waals surface area contributed by atoms with Gasteiger partial charge in [-0.05, 0) is 63.5 Å². The van der Waals surface area contributed by atoms with Crippen LogP contribution in [0.3, 0.4) is 0 Å². The molecular formula is C13H23ClN2O. The summed E-state index contributed by atoms with van der Waals surface area (Å²) in [5, 5.41) is 6.59. The van der Waals surface area contributed by atoms with Crippen LogP contribution in [0.4, 0.5) is 0 Å². The Hall–Kier alpha value is -0.280. The number of hydrogen-bond acceptors (Lipinski definition) is 2. The van der Waals surface area contributed by atoms with E-state index in [-0.39, 0.29) is 12.4 Å². The van der Waals surface area contributed by atoms with E-state index in [0.717, 1.165) is 25.4 Å². The van der Waals surface area contributed by atoms with Crippen molar-refractivity contribution >= 4 is 18.3 Å². The third-order valence-electron chi connectivity index (χ3n) is 4.80. The van der Waals surface area contributed by atoms with E-state index in [1.807, 2.05) is 0 Å². The average molecular weight is 259 g/mol. The highest BCUT2D eigenvalue weighted by molar-refractivity contribution is 5.85. The highest BCUT2D eigenvalue weighted by Gasteiger charge is 2.57. The molecule has 1 amide bonds. The van der Waals surface area contributed by atoms with Gasteiger partial charge in [-0.1, -0.05) is 0 Å². The van der Waals surface area contributed by atoms with E-state index in [1.165, 1.54) is 25.7 Å². The highest BCUT2D eigenvalue weighted by atomic mass is 35.5. The van der Waals surface area contributed by atoms with Gasteiger partial charge < -0.3 is 10.6 Å². The molecule has 0 aromatic rings. The van der Waals surface area contributed by atoms with Crippen LogP contribution in [0.2, 0.25) is 0 Å². The number of rotatable bonds is 3. The van der Waals surface area contributed by atoms with Gasteiger partial charge in [0.1, 0.15) is 0 Å². The molecule has 0 bridgehead atoms. The normalized spacial score (nSPS) is 31.5. The van der Waals surface area contributed by atoms with Crippen molar-refractivity contribution in [1.82, 2.24) is 10.6 Å². The molecule has 3 nitrogen and oxygen atoms in total. The molecule has 2 unspecified atom stereocenters. The van der Waals surface area contributed by atoms with Gasteiger partial charge in [-0.25, -0.2) is 0 Å². The summed E-state index contributed by atoms with van der Waals surface area (Å²) in [7, 11) is 0. The van der Waals surface area contributed by atoms with Crippen LogP contribution in [0, 0.1) is 17.3 Å². The number of piperidine rings is 1. The number of amides is 1. The van der Waals surface area contributed by atoms with Crippen molar-refractivity contribution < 1.29 is 4.79 Å². The number of nitrogens with one attached hydrogen (secondary N) is 2. The first-order valence-electron chi connectivity index (χ1n) is 6.72. The predicted molar refractivity (Wildman–Crippen MR) is 70.2 cm³/mol. The summed E-state index contributed by atoms with van der Waals surface area (Å²) < 4.78 is 0. The molecule has 2 saturated carbocycles. The SMILES string of the molecule is CC(NC(=O)C1CC12CCNCC2)C1CC1.Cl. The lowest BCUT2D eigenvalue weighted by Gasteiger charge is -2.23. The largest absolute Gasteiger partial charge is 0.353 e. The number of halogens is 1. The summed E-state index contributed by atoms with van der Waals surface area (Å²) in [5.74, 6) is 1.43. The zero-order chi connectivity index (χ0) is 11.2. The number of hydrogen-bond donors (Lipinski definition) is 2. The van der Waals surface area contributed by atoms with Crippen LogP contribution in [0.1, 0.15) is 39.0 Å². The minimum atomic E-state index is 0. The average Bonchev–Trinajstić information content (AvgIpc) is 3.13. The van der Waals surface area contributed by atoms with Crippen LogP contribution >= 0.6 is 12.4 Å². The molecule has 98 valence electrons. The van der Waals surface area contributed by atoms with Crippen LogP contribution in [0.25, 0.3) is 0 Å². The van der Waals surface area contributed by atoms with Crippen molar-refractivity contribution in [2.24, 2.45) is 17.3 Å². The topological polar surface area (TPSA) is 41.1 Å². The second kappa shape index (κ2) is 4.77. The number of carbonyl (C=O) groups is 1. The molecule has 1 aliphatic heterocycles. The minimum Gasteiger partial charge on any atom is -0.353 e. The quantitative estimate of drug-likeness (QED) is 0.809. The third-order valence-corrected chi connectivity index (χ3v) is 4.80. The Morgan fingerprint density at radius 1 is 1.35 bits per heavy atom. The molecule has 4 heteroatoms. The van der Waals surface area contributed by atoms with E-state index >= 15 is 0 Å². The van der Waals surface area contributed by atoms with Crippen molar-refractivity contribution in [3.05, 3.63) is 0 Å². The van der Waals surface area contributed by atoms with Crippen molar-refractivity contribution in [1.29, 1.82) is 0 Å². The predicted octanol–water partition coefficient (Wildman–Crippen LogP) is 1.71. The van der Waals surface area contributed by atoms with Crippen molar-refractivity contribution in [3.63, 3.8) is 0 Å². The van der Waals surface area contributed by atoms with Gasteiger partial charge in [-0.15, -0.1) is 12.4 Å². The summed E-state index contributed by atoms with van der Waals surface area (Å²) in [6.07, 6.45) is 6.14. The fraction of sp³-hybridized carbons (Fsp3) is 0.923. The smallest absolute Gasteiger partial charge is 0.223 e. The molecule has 2 aliphatic carbocycles. The Morgan fingerprint density at radius 3 is 2.59 bits per heavy atom. The molecule has 1 spiro atoms. The molecular weight excluding hydrogens is 236 g/mol. The van der Waals surface area contributed by atoms with Gasteiger partial charge >= 0.3 is 0 Å². The van der Waals surface area contributed by atoms with Gasteiger partial charge in [0.05, 0.1) is 0 Å². The highest BCUT2D eigenvalue weighted by Crippen LogP contribution is 2.58. The maximum Gasteiger partial charge on any atom is 0.223 e. The van der Waals surface area contributed by atoms with Gasteiger partial charge in [0, 0.05) is 12.0 Å². The molecule has 1 heterocycles. The summed E-state index contributed by atoms with van der Waals surface area (Å²) in [5.41, 5.74) is 0.388. The van der Waals surface area contributed by atoms with Crippen molar-refractivity contribution in [2.45, 2.75) is 45.1 Å². The van der Waals surface area contributed by atoms with Gasteiger partial charge in [0.2, 0.25) is 5.91 Å². The first-order chi connectivity index (χ1) is 7.71. The number of carbonyl (C=O) groups excluding carboxylic acids is 1. The second-order valence-electron chi connectivity index (χ2n) is 6.00. The van der Waals surface area contributed by atoms with E-state index in [9.17, 15) is 4.79 Å². The van der Waals surface area contributed by atoms with Crippen LogP contribution in [-0.4, -0.2) is 25.0 Å².